The van der Waals surface area contributed by atoms with Crippen LogP contribution < -0.4 is 0 Å². The third kappa shape index (κ3) is 1.85. The summed E-state index contributed by atoms with van der Waals surface area (Å²) >= 11 is 0. The fourth-order valence-corrected chi connectivity index (χ4v) is 2.02. The van der Waals surface area contributed by atoms with E-state index in [-0.39, 0.29) is 0 Å². The Morgan fingerprint density at radius 2 is 1.94 bits per heavy atom. The molecular formula is C15H11N3. The molecular weight excluding hydrogens is 222 g/mol. The predicted octanol–water partition coefficient (Wildman–Crippen LogP) is 2.96. The topological polar surface area (TPSA) is 41.6 Å². The molecule has 3 heteroatoms. The first-order valence-electron chi connectivity index (χ1n) is 5.77. The van der Waals surface area contributed by atoms with Gasteiger partial charge in [0.15, 0.2) is 0 Å². The number of hydrogen-bond acceptors (Lipinski definition) is 2. The van der Waals surface area contributed by atoms with E-state index in [1.807, 2.05) is 47.2 Å². The smallest absolute Gasteiger partial charge is 0.120 e. The molecule has 0 bridgehead atoms. The molecule has 0 spiro atoms. The van der Waals surface area contributed by atoms with Crippen LogP contribution in [0.1, 0.15) is 11.4 Å². The summed E-state index contributed by atoms with van der Waals surface area (Å²) in [4.78, 5) is 4.60. The number of benzene rings is 1. The highest BCUT2D eigenvalue weighted by molar-refractivity contribution is 5.78. The Morgan fingerprint density at radius 3 is 2.83 bits per heavy atom. The van der Waals surface area contributed by atoms with Crippen molar-refractivity contribution in [3.63, 3.8) is 0 Å². The fraction of sp³-hybridized carbons (Fsp3) is 0.0667. The molecule has 0 unspecified atom stereocenters. The van der Waals surface area contributed by atoms with Crippen molar-refractivity contribution in [1.82, 2.24) is 9.55 Å². The minimum Gasteiger partial charge on any atom is -0.333 e. The van der Waals surface area contributed by atoms with Gasteiger partial charge in [0, 0.05) is 11.6 Å². The van der Waals surface area contributed by atoms with Crippen LogP contribution in [0.15, 0.2) is 54.7 Å². The van der Waals surface area contributed by atoms with Gasteiger partial charge in [-0.3, -0.25) is 4.98 Å². The molecule has 0 amide bonds. The summed E-state index contributed by atoms with van der Waals surface area (Å²) in [6.45, 7) is 0.626. The first-order chi connectivity index (χ1) is 8.86. The SMILES string of the molecule is N#Cc1cccn1Cc1ccc2ccccc2n1. The lowest BCUT2D eigenvalue weighted by Crippen LogP contribution is -2.02. The average molecular weight is 233 g/mol. The maximum atomic E-state index is 8.97. The second kappa shape index (κ2) is 4.34. The molecule has 3 rings (SSSR count). The highest BCUT2D eigenvalue weighted by Crippen LogP contribution is 2.13. The highest BCUT2D eigenvalue weighted by atomic mass is 15.0. The monoisotopic (exact) mass is 233 g/mol. The van der Waals surface area contributed by atoms with Crippen LogP contribution in [0, 0.1) is 11.3 Å². The number of aromatic nitrogens is 2. The second-order valence-corrected chi connectivity index (χ2v) is 4.13. The molecule has 0 aliphatic heterocycles. The van der Waals surface area contributed by atoms with E-state index in [1.165, 1.54) is 0 Å². The van der Waals surface area contributed by atoms with Crippen molar-refractivity contribution in [2.75, 3.05) is 0 Å². The minimum absolute atomic E-state index is 0.626. The van der Waals surface area contributed by atoms with Gasteiger partial charge in [-0.2, -0.15) is 5.26 Å². The van der Waals surface area contributed by atoms with E-state index in [0.29, 0.717) is 12.2 Å². The highest BCUT2D eigenvalue weighted by Gasteiger charge is 2.02. The Morgan fingerprint density at radius 1 is 1.06 bits per heavy atom. The van der Waals surface area contributed by atoms with E-state index >= 15 is 0 Å². The summed E-state index contributed by atoms with van der Waals surface area (Å²) < 4.78 is 1.90. The first kappa shape index (κ1) is 10.5. The second-order valence-electron chi connectivity index (χ2n) is 4.13. The molecule has 1 aromatic carbocycles. The summed E-state index contributed by atoms with van der Waals surface area (Å²) in [7, 11) is 0. The van der Waals surface area contributed by atoms with Crippen molar-refractivity contribution in [1.29, 1.82) is 5.26 Å². The van der Waals surface area contributed by atoms with Gasteiger partial charge in [-0.25, -0.2) is 0 Å². The van der Waals surface area contributed by atoms with Crippen molar-refractivity contribution in [2.24, 2.45) is 0 Å². The third-order valence-corrected chi connectivity index (χ3v) is 2.93. The van der Waals surface area contributed by atoms with Gasteiger partial charge in [0.2, 0.25) is 0 Å². The molecule has 0 saturated carbocycles. The van der Waals surface area contributed by atoms with Gasteiger partial charge in [0.25, 0.3) is 0 Å². The molecule has 18 heavy (non-hydrogen) atoms. The van der Waals surface area contributed by atoms with Crippen LogP contribution in [-0.2, 0) is 6.54 Å². The molecule has 0 saturated heterocycles. The fourth-order valence-electron chi connectivity index (χ4n) is 2.02. The standard InChI is InChI=1S/C15H11N3/c16-10-14-5-3-9-18(14)11-13-8-7-12-4-1-2-6-15(12)17-13/h1-9H,11H2. The zero-order valence-electron chi connectivity index (χ0n) is 9.74. The van der Waals surface area contributed by atoms with Gasteiger partial charge >= 0.3 is 0 Å². The van der Waals surface area contributed by atoms with E-state index < -0.39 is 0 Å². The van der Waals surface area contributed by atoms with Crippen LogP contribution in [0.5, 0.6) is 0 Å². The van der Waals surface area contributed by atoms with Crippen LogP contribution in [0.4, 0.5) is 0 Å². The van der Waals surface area contributed by atoms with E-state index in [0.717, 1.165) is 16.6 Å². The number of rotatable bonds is 2. The van der Waals surface area contributed by atoms with Crippen LogP contribution in [0.2, 0.25) is 0 Å². The molecule has 0 aliphatic carbocycles. The van der Waals surface area contributed by atoms with Crippen LogP contribution >= 0.6 is 0 Å². The van der Waals surface area contributed by atoms with Crippen molar-refractivity contribution >= 4 is 10.9 Å². The molecule has 0 fully saturated rings. The molecule has 86 valence electrons. The van der Waals surface area contributed by atoms with Crippen molar-refractivity contribution in [3.8, 4) is 6.07 Å². The van der Waals surface area contributed by atoms with Crippen molar-refractivity contribution in [3.05, 3.63) is 66.1 Å². The lowest BCUT2D eigenvalue weighted by molar-refractivity contribution is 0.773. The van der Waals surface area contributed by atoms with Gasteiger partial charge in [-0.05, 0) is 24.3 Å². The van der Waals surface area contributed by atoms with Crippen LogP contribution in [-0.4, -0.2) is 9.55 Å². The lowest BCUT2D eigenvalue weighted by Gasteiger charge is -2.05. The molecule has 2 aromatic heterocycles. The number of para-hydroxylation sites is 1. The summed E-state index contributed by atoms with van der Waals surface area (Å²) in [6, 6.07) is 17.9. The predicted molar refractivity (Wildman–Crippen MR) is 70.0 cm³/mol. The van der Waals surface area contributed by atoms with Crippen molar-refractivity contribution < 1.29 is 0 Å². The Kier molecular flexibility index (Phi) is 2.54. The number of fused-ring (bicyclic) bond motifs is 1. The average Bonchev–Trinajstić information content (AvgIpc) is 2.86. The Bertz CT molecular complexity index is 735. The van der Waals surface area contributed by atoms with Gasteiger partial charge in [0.05, 0.1) is 17.8 Å². The molecule has 0 radical (unpaired) electrons. The number of nitrogens with zero attached hydrogens (tertiary/aromatic N) is 3. The number of hydrogen-bond donors (Lipinski definition) is 0. The number of pyridine rings is 1. The van der Waals surface area contributed by atoms with Crippen LogP contribution in [0.25, 0.3) is 10.9 Å². The Balaban J connectivity index is 1.98. The van der Waals surface area contributed by atoms with E-state index in [4.69, 9.17) is 5.26 Å². The zero-order valence-corrected chi connectivity index (χ0v) is 9.74. The third-order valence-electron chi connectivity index (χ3n) is 2.93. The van der Waals surface area contributed by atoms with Crippen LogP contribution in [0.3, 0.4) is 0 Å². The van der Waals surface area contributed by atoms with E-state index in [9.17, 15) is 0 Å². The zero-order chi connectivity index (χ0) is 12.4. The first-order valence-corrected chi connectivity index (χ1v) is 5.77. The van der Waals surface area contributed by atoms with Gasteiger partial charge in [0.1, 0.15) is 11.8 Å². The minimum atomic E-state index is 0.626. The van der Waals surface area contributed by atoms with E-state index in [1.54, 1.807) is 6.07 Å². The van der Waals surface area contributed by atoms with Gasteiger partial charge in [-0.1, -0.05) is 24.3 Å². The van der Waals surface area contributed by atoms with Gasteiger partial charge < -0.3 is 4.57 Å². The maximum absolute atomic E-state index is 8.97. The Labute approximate surface area is 105 Å². The normalized spacial score (nSPS) is 10.4. The quantitative estimate of drug-likeness (QED) is 0.682. The molecule has 0 atom stereocenters. The maximum Gasteiger partial charge on any atom is 0.120 e. The lowest BCUT2D eigenvalue weighted by atomic mass is 10.2. The molecule has 2 heterocycles. The summed E-state index contributed by atoms with van der Waals surface area (Å²) in [6.07, 6.45) is 1.90. The molecule has 0 aliphatic rings. The summed E-state index contributed by atoms with van der Waals surface area (Å²) in [5.41, 5.74) is 2.60. The largest absolute Gasteiger partial charge is 0.333 e. The molecule has 0 N–H and O–H groups in total. The van der Waals surface area contributed by atoms with Crippen molar-refractivity contribution in [2.45, 2.75) is 6.54 Å². The van der Waals surface area contributed by atoms with Gasteiger partial charge in [-0.15, -0.1) is 0 Å². The number of nitriles is 1. The molecule has 3 nitrogen and oxygen atoms in total. The molecule has 3 aromatic rings. The van der Waals surface area contributed by atoms with E-state index in [2.05, 4.69) is 17.1 Å². The Hall–Kier alpha value is -2.60. The summed E-state index contributed by atoms with van der Waals surface area (Å²) in [5, 5.41) is 10.1. The summed E-state index contributed by atoms with van der Waals surface area (Å²) in [5.74, 6) is 0.